The Balaban J connectivity index is 2.40. The van der Waals surface area contributed by atoms with Crippen molar-refractivity contribution < 1.29 is 14.4 Å². The van der Waals surface area contributed by atoms with Crippen LogP contribution in [0.3, 0.4) is 0 Å². The minimum absolute atomic E-state index is 0.0309. The van der Waals surface area contributed by atoms with Crippen molar-refractivity contribution in [1.29, 1.82) is 0 Å². The normalized spacial score (nSPS) is 11.7. The molecule has 0 aliphatic heterocycles. The summed E-state index contributed by atoms with van der Waals surface area (Å²) in [5.74, 6) is -2.47. The van der Waals surface area contributed by atoms with E-state index < -0.39 is 22.9 Å². The van der Waals surface area contributed by atoms with Gasteiger partial charge in [-0.05, 0) is 5.56 Å². The highest BCUT2D eigenvalue weighted by atomic mass is 35.5. The Morgan fingerprint density at radius 3 is 1.95 bits per heavy atom. The fraction of sp³-hybridized carbons (Fsp3) is 0.0625. The Hall–Kier alpha value is -2.46. The molecule has 0 saturated heterocycles. The second kappa shape index (κ2) is 6.33. The van der Waals surface area contributed by atoms with Gasteiger partial charge in [0.1, 0.15) is 5.38 Å². The topological polar surface area (TPSA) is 77.2 Å². The summed E-state index contributed by atoms with van der Waals surface area (Å²) in [6.45, 7) is 0. The molecule has 2 aromatic rings. The van der Waals surface area contributed by atoms with Gasteiger partial charge in [0.05, 0.1) is 0 Å². The number of hydrogen-bond donors (Lipinski definition) is 1. The predicted molar refractivity (Wildman–Crippen MR) is 79.3 cm³/mol. The molecule has 1 unspecified atom stereocenters. The molecule has 0 spiro atoms. The fourth-order valence-electron chi connectivity index (χ4n) is 1.94. The van der Waals surface area contributed by atoms with E-state index in [9.17, 15) is 14.4 Å². The number of ketones is 2. The van der Waals surface area contributed by atoms with E-state index in [4.69, 9.17) is 17.3 Å². The molecule has 0 aliphatic rings. The summed E-state index contributed by atoms with van der Waals surface area (Å²) in [4.78, 5) is 35.3. The molecule has 0 aromatic heterocycles. The molecule has 4 nitrogen and oxygen atoms in total. The average molecular weight is 302 g/mol. The van der Waals surface area contributed by atoms with Crippen LogP contribution in [0.5, 0.6) is 0 Å². The van der Waals surface area contributed by atoms with Crippen molar-refractivity contribution in [2.24, 2.45) is 5.73 Å². The number of benzene rings is 2. The van der Waals surface area contributed by atoms with Gasteiger partial charge in [-0.1, -0.05) is 54.6 Å². The molecule has 5 heteroatoms. The van der Waals surface area contributed by atoms with Crippen LogP contribution < -0.4 is 5.73 Å². The third-order valence-electron chi connectivity index (χ3n) is 2.98. The average Bonchev–Trinajstić information content (AvgIpc) is 2.53. The van der Waals surface area contributed by atoms with Crippen LogP contribution in [0.25, 0.3) is 0 Å². The Morgan fingerprint density at radius 2 is 1.38 bits per heavy atom. The summed E-state index contributed by atoms with van der Waals surface area (Å²) < 4.78 is 0. The van der Waals surface area contributed by atoms with Gasteiger partial charge in [-0.25, -0.2) is 0 Å². The maximum absolute atomic E-state index is 12.5. The standard InChI is InChI=1S/C16H12ClNO3/c17-13(10-6-2-1-3-7-10)14(19)11-8-4-5-9-12(11)15(20)16(18)21/h1-9,13H,(H2,18,21). The van der Waals surface area contributed by atoms with E-state index in [1.807, 2.05) is 6.07 Å². The predicted octanol–water partition coefficient (Wildman–Crippen LogP) is 2.52. The second-order valence-corrected chi connectivity index (χ2v) is 4.81. The van der Waals surface area contributed by atoms with E-state index in [1.165, 1.54) is 12.1 Å². The molecule has 2 N–H and O–H groups in total. The lowest BCUT2D eigenvalue weighted by Crippen LogP contribution is -2.25. The first kappa shape index (κ1) is 14.9. The highest BCUT2D eigenvalue weighted by Gasteiger charge is 2.25. The SMILES string of the molecule is NC(=O)C(=O)c1ccccc1C(=O)C(Cl)c1ccccc1. The number of amides is 1. The lowest BCUT2D eigenvalue weighted by Gasteiger charge is -2.11. The highest BCUT2D eigenvalue weighted by Crippen LogP contribution is 2.26. The minimum Gasteiger partial charge on any atom is -0.363 e. The summed E-state index contributed by atoms with van der Waals surface area (Å²) in [6, 6.07) is 14.8. The van der Waals surface area contributed by atoms with Gasteiger partial charge in [-0.3, -0.25) is 14.4 Å². The molecule has 2 aromatic carbocycles. The number of halogens is 1. The number of rotatable bonds is 5. The zero-order valence-electron chi connectivity index (χ0n) is 11.0. The van der Waals surface area contributed by atoms with Crippen molar-refractivity contribution in [1.82, 2.24) is 0 Å². The van der Waals surface area contributed by atoms with Crippen LogP contribution in [-0.4, -0.2) is 17.5 Å². The quantitative estimate of drug-likeness (QED) is 0.523. The number of primary amides is 1. The summed E-state index contributed by atoms with van der Waals surface area (Å²) in [6.07, 6.45) is 0. The van der Waals surface area contributed by atoms with E-state index in [1.54, 1.807) is 36.4 Å². The Morgan fingerprint density at radius 1 is 0.857 bits per heavy atom. The largest absolute Gasteiger partial charge is 0.363 e. The molecule has 1 amide bonds. The number of alkyl halides is 1. The van der Waals surface area contributed by atoms with Gasteiger partial charge >= 0.3 is 0 Å². The van der Waals surface area contributed by atoms with E-state index in [2.05, 4.69) is 0 Å². The molecule has 21 heavy (non-hydrogen) atoms. The maximum Gasteiger partial charge on any atom is 0.289 e. The van der Waals surface area contributed by atoms with Crippen LogP contribution >= 0.6 is 11.6 Å². The molecule has 106 valence electrons. The van der Waals surface area contributed by atoms with Gasteiger partial charge in [-0.2, -0.15) is 0 Å². The molecule has 0 fully saturated rings. The van der Waals surface area contributed by atoms with E-state index in [0.717, 1.165) is 0 Å². The molecular weight excluding hydrogens is 290 g/mol. The zero-order chi connectivity index (χ0) is 15.4. The highest BCUT2D eigenvalue weighted by molar-refractivity contribution is 6.44. The van der Waals surface area contributed by atoms with Gasteiger partial charge in [0, 0.05) is 11.1 Å². The smallest absolute Gasteiger partial charge is 0.289 e. The summed E-state index contributed by atoms with van der Waals surface area (Å²) in [5.41, 5.74) is 5.66. The van der Waals surface area contributed by atoms with Gasteiger partial charge in [0.15, 0.2) is 5.78 Å². The molecule has 0 bridgehead atoms. The van der Waals surface area contributed by atoms with Crippen LogP contribution in [0.2, 0.25) is 0 Å². The third kappa shape index (κ3) is 3.17. The molecule has 2 rings (SSSR count). The number of carbonyl (C=O) groups excluding carboxylic acids is 3. The Labute approximate surface area is 126 Å². The molecule has 0 heterocycles. The van der Waals surface area contributed by atoms with E-state index in [0.29, 0.717) is 5.56 Å². The minimum atomic E-state index is -1.11. The number of nitrogens with two attached hydrogens (primary N) is 1. The first-order chi connectivity index (χ1) is 10.0. The summed E-state index contributed by atoms with van der Waals surface area (Å²) in [5, 5.41) is -0.937. The molecule has 1 atom stereocenters. The van der Waals surface area contributed by atoms with Crippen molar-refractivity contribution in [3.05, 3.63) is 71.3 Å². The van der Waals surface area contributed by atoms with Crippen molar-refractivity contribution in [2.45, 2.75) is 5.38 Å². The number of carbonyl (C=O) groups is 3. The van der Waals surface area contributed by atoms with Crippen LogP contribution in [0.15, 0.2) is 54.6 Å². The lowest BCUT2D eigenvalue weighted by molar-refractivity contribution is -0.114. The van der Waals surface area contributed by atoms with Gasteiger partial charge in [-0.15, -0.1) is 11.6 Å². The zero-order valence-corrected chi connectivity index (χ0v) is 11.7. The van der Waals surface area contributed by atoms with Crippen molar-refractivity contribution >= 4 is 29.1 Å². The van der Waals surface area contributed by atoms with Crippen LogP contribution in [-0.2, 0) is 4.79 Å². The monoisotopic (exact) mass is 301 g/mol. The van der Waals surface area contributed by atoms with Crippen molar-refractivity contribution in [2.75, 3.05) is 0 Å². The third-order valence-corrected chi connectivity index (χ3v) is 3.43. The lowest BCUT2D eigenvalue weighted by atomic mass is 9.96. The van der Waals surface area contributed by atoms with Gasteiger partial charge in [0.2, 0.25) is 0 Å². The second-order valence-electron chi connectivity index (χ2n) is 4.38. The molecular formula is C16H12ClNO3. The summed E-state index contributed by atoms with van der Waals surface area (Å²) >= 11 is 6.17. The maximum atomic E-state index is 12.5. The van der Waals surface area contributed by atoms with Gasteiger partial charge in [0.25, 0.3) is 11.7 Å². The number of hydrogen-bond acceptors (Lipinski definition) is 3. The molecule has 0 aliphatic carbocycles. The fourth-order valence-corrected chi connectivity index (χ4v) is 2.20. The molecule has 0 radical (unpaired) electrons. The Kier molecular flexibility index (Phi) is 4.50. The van der Waals surface area contributed by atoms with Crippen LogP contribution in [0.4, 0.5) is 0 Å². The van der Waals surface area contributed by atoms with E-state index in [-0.39, 0.29) is 11.1 Å². The first-order valence-electron chi connectivity index (χ1n) is 6.18. The van der Waals surface area contributed by atoms with Crippen molar-refractivity contribution in [3.8, 4) is 0 Å². The number of Topliss-reactive ketones (excluding diaryl/α,β-unsaturated/α-hetero) is 2. The van der Waals surface area contributed by atoms with Crippen LogP contribution in [0.1, 0.15) is 31.7 Å². The Bertz CT molecular complexity index is 698. The molecule has 0 saturated carbocycles. The van der Waals surface area contributed by atoms with E-state index >= 15 is 0 Å². The van der Waals surface area contributed by atoms with Crippen LogP contribution in [0, 0.1) is 0 Å². The van der Waals surface area contributed by atoms with Crippen molar-refractivity contribution in [3.63, 3.8) is 0 Å². The first-order valence-corrected chi connectivity index (χ1v) is 6.62. The van der Waals surface area contributed by atoms with Gasteiger partial charge < -0.3 is 5.73 Å². The summed E-state index contributed by atoms with van der Waals surface area (Å²) in [7, 11) is 0.